The van der Waals surface area contributed by atoms with Gasteiger partial charge < -0.3 is 91.0 Å². The Morgan fingerprint density at radius 3 is 1.46 bits per heavy atom. The van der Waals surface area contributed by atoms with Gasteiger partial charge >= 0.3 is 5.97 Å². The van der Waals surface area contributed by atoms with Crippen molar-refractivity contribution in [2.45, 2.75) is 139 Å². The molecule has 83 heavy (non-hydrogen) atoms. The molecule has 2 aliphatic rings. The maximum atomic E-state index is 14.2. The summed E-state index contributed by atoms with van der Waals surface area (Å²) < 4.78 is 0. The number of aliphatic hydroxyl groups is 2. The molecule has 0 unspecified atom stereocenters. The first kappa shape index (κ1) is 67.1. The van der Waals surface area contributed by atoms with Gasteiger partial charge in [-0.3, -0.25) is 53.1 Å². The molecule has 20 N–H and O–H groups in total. The molecule has 0 bridgehead atoms. The van der Waals surface area contributed by atoms with E-state index in [4.69, 9.17) is 28.7 Å². The second-order valence-electron chi connectivity index (χ2n) is 20.7. The summed E-state index contributed by atoms with van der Waals surface area (Å²) in [6.07, 6.45) is 1.73. The topological polar surface area (TPSA) is 477 Å². The van der Waals surface area contributed by atoms with Gasteiger partial charge in [-0.05, 0) is 74.8 Å². The van der Waals surface area contributed by atoms with Crippen LogP contribution in [0.1, 0.15) is 82.8 Å². The number of amides is 9. The fourth-order valence-electron chi connectivity index (χ4n) is 9.50. The van der Waals surface area contributed by atoms with Crippen molar-refractivity contribution in [2.24, 2.45) is 44.6 Å². The second-order valence-corrected chi connectivity index (χ2v) is 20.7. The lowest BCUT2D eigenvalue weighted by molar-refractivity contribution is -0.144. The van der Waals surface area contributed by atoms with Crippen molar-refractivity contribution in [2.75, 3.05) is 45.9 Å². The minimum Gasteiger partial charge on any atom is -0.480 e. The Labute approximate surface area is 481 Å². The molecule has 2 aromatic rings. The average molecular weight is 1160 g/mol. The Bertz CT molecular complexity index is 2590. The minimum atomic E-state index is -1.63. The molecule has 2 heterocycles. The van der Waals surface area contributed by atoms with E-state index in [1.54, 1.807) is 60.7 Å². The highest BCUT2D eigenvalue weighted by Gasteiger charge is 2.41. The highest BCUT2D eigenvalue weighted by atomic mass is 16.4. The summed E-state index contributed by atoms with van der Waals surface area (Å²) in [5.41, 5.74) is 28.7. The number of nitrogens with one attached hydrogen (secondary N) is 7. The van der Waals surface area contributed by atoms with E-state index in [2.05, 4.69) is 47.2 Å². The van der Waals surface area contributed by atoms with Crippen LogP contribution in [0, 0.1) is 5.92 Å². The van der Waals surface area contributed by atoms with E-state index >= 15 is 0 Å². The first-order chi connectivity index (χ1) is 39.5. The van der Waals surface area contributed by atoms with Crippen LogP contribution in [0.15, 0.2) is 70.6 Å². The van der Waals surface area contributed by atoms with Gasteiger partial charge in [-0.15, -0.1) is 0 Å². The van der Waals surface area contributed by atoms with Crippen LogP contribution < -0.4 is 65.9 Å². The highest BCUT2D eigenvalue weighted by molar-refractivity contribution is 5.98. The van der Waals surface area contributed by atoms with Crippen molar-refractivity contribution in [3.8, 4) is 0 Å². The zero-order valence-electron chi connectivity index (χ0n) is 46.9. The molecule has 2 aromatic carbocycles. The zero-order chi connectivity index (χ0) is 61.2. The summed E-state index contributed by atoms with van der Waals surface area (Å²) >= 11 is 0. The van der Waals surface area contributed by atoms with E-state index in [0.29, 0.717) is 30.4 Å². The molecule has 2 saturated heterocycles. The molecule has 9 atom stereocenters. The summed E-state index contributed by atoms with van der Waals surface area (Å²) in [5, 5.41) is 48.6. The number of aliphatic imine (C=N–C) groups is 2. The van der Waals surface area contributed by atoms with Crippen LogP contribution in [0.2, 0.25) is 0 Å². The lowest BCUT2D eigenvalue weighted by Crippen LogP contribution is -2.60. The zero-order valence-corrected chi connectivity index (χ0v) is 46.9. The molecule has 456 valence electrons. The number of nitrogens with two attached hydrogens (primary N) is 5. The molecule has 29 heteroatoms. The SMILES string of the molecule is CC(C)C[C@H](NC(=O)[C@@H](N)CCCN=C(N)N)C(=O)N[C@@H](CO)C(=O)N1CCC[C@H]1C(=O)NCC(=O)N[C@@H](Cc1ccccc1)C(=O)N[C@@H](CO)C(=O)N1CCC[C@H]1C(=O)N[C@@H](Cc1ccccc1)C(=O)N[C@@H](CCCN=C(N)N)C(=O)O. The van der Waals surface area contributed by atoms with E-state index in [1.807, 2.05) is 13.8 Å². The molecule has 2 aliphatic heterocycles. The van der Waals surface area contributed by atoms with Crippen LogP contribution >= 0.6 is 0 Å². The number of benzene rings is 2. The van der Waals surface area contributed by atoms with Crippen molar-refractivity contribution >= 4 is 71.1 Å². The van der Waals surface area contributed by atoms with Crippen LogP contribution in [0.5, 0.6) is 0 Å². The first-order valence-corrected chi connectivity index (χ1v) is 27.6. The largest absolute Gasteiger partial charge is 0.480 e. The monoisotopic (exact) mass is 1160 g/mol. The van der Waals surface area contributed by atoms with Crippen molar-refractivity contribution in [1.82, 2.24) is 47.0 Å². The molecule has 0 spiro atoms. The third-order valence-electron chi connectivity index (χ3n) is 13.7. The molecule has 0 aliphatic carbocycles. The summed E-state index contributed by atoms with van der Waals surface area (Å²) in [7, 11) is 0. The summed E-state index contributed by atoms with van der Waals surface area (Å²) in [6, 6.07) is 5.47. The molecule has 29 nitrogen and oxygen atoms in total. The average Bonchev–Trinajstić information content (AvgIpc) is 4.40. The van der Waals surface area contributed by atoms with E-state index in [0.717, 1.165) is 4.90 Å². The fourth-order valence-corrected chi connectivity index (χ4v) is 9.50. The van der Waals surface area contributed by atoms with Crippen molar-refractivity contribution in [3.05, 3.63) is 71.8 Å². The van der Waals surface area contributed by atoms with Crippen molar-refractivity contribution < 1.29 is 63.3 Å². The number of hydrogen-bond acceptors (Lipinski definition) is 15. The van der Waals surface area contributed by atoms with Gasteiger partial charge in [-0.2, -0.15) is 0 Å². The van der Waals surface area contributed by atoms with Crippen molar-refractivity contribution in [1.29, 1.82) is 0 Å². The summed E-state index contributed by atoms with van der Waals surface area (Å²) in [6.45, 7) is 1.60. The highest BCUT2D eigenvalue weighted by Crippen LogP contribution is 2.21. The van der Waals surface area contributed by atoms with Gasteiger partial charge in [0.25, 0.3) is 0 Å². The smallest absolute Gasteiger partial charge is 0.326 e. The fraction of sp³-hybridized carbons (Fsp3) is 0.556. The van der Waals surface area contributed by atoms with Crippen molar-refractivity contribution in [3.63, 3.8) is 0 Å². The van der Waals surface area contributed by atoms with Crippen LogP contribution in [-0.2, 0) is 60.8 Å². The quantitative estimate of drug-likeness (QED) is 0.0181. The van der Waals surface area contributed by atoms with E-state index < -0.39 is 133 Å². The lowest BCUT2D eigenvalue weighted by Gasteiger charge is -2.30. The van der Waals surface area contributed by atoms with Gasteiger partial charge in [-0.1, -0.05) is 74.5 Å². The minimum absolute atomic E-state index is 0.0258. The van der Waals surface area contributed by atoms with Gasteiger partial charge in [0.05, 0.1) is 25.8 Å². The number of carboxylic acid groups (broad SMARTS) is 1. The Balaban J connectivity index is 1.41. The van der Waals surface area contributed by atoms with Crippen LogP contribution in [0.4, 0.5) is 0 Å². The Morgan fingerprint density at radius 1 is 0.566 bits per heavy atom. The third kappa shape index (κ3) is 22.1. The van der Waals surface area contributed by atoms with Gasteiger partial charge in [0.15, 0.2) is 11.9 Å². The number of nitrogens with zero attached hydrogens (tertiary/aromatic N) is 4. The molecule has 0 saturated carbocycles. The number of guanidine groups is 2. The van der Waals surface area contributed by atoms with Gasteiger partial charge in [0, 0.05) is 39.0 Å². The second kappa shape index (κ2) is 34.1. The van der Waals surface area contributed by atoms with Gasteiger partial charge in [-0.25, -0.2) is 4.79 Å². The number of rotatable bonds is 33. The van der Waals surface area contributed by atoms with E-state index in [-0.39, 0.29) is 95.4 Å². The Morgan fingerprint density at radius 2 is 1.00 bits per heavy atom. The predicted molar refractivity (Wildman–Crippen MR) is 303 cm³/mol. The molecule has 4 rings (SSSR count). The maximum absolute atomic E-state index is 14.2. The number of carbonyl (C=O) groups is 10. The number of aliphatic carboxylic acids is 1. The number of aliphatic hydroxyl groups excluding tert-OH is 2. The Kier molecular flexibility index (Phi) is 27.6. The van der Waals surface area contributed by atoms with Gasteiger partial charge in [0.2, 0.25) is 53.2 Å². The summed E-state index contributed by atoms with van der Waals surface area (Å²) in [4.78, 5) is 146. The van der Waals surface area contributed by atoms with E-state index in [1.165, 1.54) is 4.90 Å². The standard InChI is InChI=1S/C54H82N16O13/c1-31(2)25-36(65-44(74)34(55)17-9-21-60-53(56)57)45(75)67-39(29-71)50(80)69-23-11-19-41(69)48(78)62-28-43(73)63-37(26-32-13-5-3-6-14-32)46(76)68-40(30-72)51(81)70-24-12-20-42(70)49(79)66-38(27-33-15-7-4-8-16-33)47(77)64-35(52(82)83)18-10-22-61-54(58)59/h3-8,13-16,31,34-42,71-72H,9-12,17-30,55H2,1-2H3,(H,62,78)(H,63,73)(H,64,77)(H,65,74)(H,66,79)(H,67,75)(H,68,76)(H,82,83)(H4,56,57,60)(H4,58,59,61)/t34-,35-,36-,37-,38-,39-,40-,41-,42-/m0/s1. The Hall–Kier alpha value is -8.44. The third-order valence-corrected chi connectivity index (χ3v) is 13.7. The number of likely N-dealkylation sites (tertiary alicyclic amines) is 2. The first-order valence-electron chi connectivity index (χ1n) is 27.6. The number of carboxylic acids is 1. The molecule has 0 aromatic heterocycles. The maximum Gasteiger partial charge on any atom is 0.326 e. The normalized spacial score (nSPS) is 17.2. The molecule has 2 fully saturated rings. The molecular formula is C54H82N16O13. The summed E-state index contributed by atoms with van der Waals surface area (Å²) in [5.74, 6) is -8.83. The number of carbonyl (C=O) groups excluding carboxylic acids is 9. The van der Waals surface area contributed by atoms with E-state index in [9.17, 15) is 63.3 Å². The van der Waals surface area contributed by atoms with Crippen LogP contribution in [0.25, 0.3) is 0 Å². The van der Waals surface area contributed by atoms with Gasteiger partial charge in [0.1, 0.15) is 48.3 Å². The van der Waals surface area contributed by atoms with Crippen LogP contribution in [0.3, 0.4) is 0 Å². The molecular weight excluding hydrogens is 1080 g/mol. The predicted octanol–water partition coefficient (Wildman–Crippen LogP) is -4.97. The lowest BCUT2D eigenvalue weighted by atomic mass is 10.0. The number of hydrogen-bond donors (Lipinski definition) is 15. The molecule has 9 amide bonds. The molecule has 0 radical (unpaired) electrons. The van der Waals surface area contributed by atoms with Crippen LogP contribution in [-0.4, -0.2) is 196 Å².